The van der Waals surface area contributed by atoms with E-state index in [9.17, 15) is 4.79 Å². The van der Waals surface area contributed by atoms with Crippen molar-refractivity contribution in [2.75, 3.05) is 24.7 Å². The first kappa shape index (κ1) is 15.1. The van der Waals surface area contributed by atoms with Crippen LogP contribution in [0.1, 0.15) is 17.5 Å². The number of anilines is 2. The second-order valence-electron chi connectivity index (χ2n) is 7.38. The van der Waals surface area contributed by atoms with Gasteiger partial charge in [-0.2, -0.15) is 0 Å². The van der Waals surface area contributed by atoms with E-state index < -0.39 is 6.98 Å². The predicted octanol–water partition coefficient (Wildman–Crippen LogP) is 2.98. The zero-order valence-corrected chi connectivity index (χ0v) is 16.4. The fraction of sp³-hybridized carbons (Fsp3) is 0.286. The molecule has 0 aromatic carbocycles. The summed E-state index contributed by atoms with van der Waals surface area (Å²) >= 11 is 0. The third-order valence-corrected chi connectivity index (χ3v) is 5.37. The van der Waals surface area contributed by atoms with Crippen molar-refractivity contribution in [3.05, 3.63) is 36.8 Å². The minimum Gasteiger partial charge on any atom is -0.495 e. The molecule has 1 saturated carbocycles. The van der Waals surface area contributed by atoms with Crippen LogP contribution in [-0.4, -0.2) is 44.6 Å². The first-order chi connectivity index (χ1) is 15.7. The van der Waals surface area contributed by atoms with Crippen molar-refractivity contribution in [1.29, 1.82) is 0 Å². The highest BCUT2D eigenvalue weighted by molar-refractivity contribution is 6.03. The van der Waals surface area contributed by atoms with Crippen molar-refractivity contribution >= 4 is 34.0 Å². The van der Waals surface area contributed by atoms with Gasteiger partial charge in [0.05, 0.1) is 13.3 Å². The fourth-order valence-corrected chi connectivity index (χ4v) is 3.49. The van der Waals surface area contributed by atoms with Gasteiger partial charge in [0.15, 0.2) is 11.5 Å². The summed E-state index contributed by atoms with van der Waals surface area (Å²) in [6.45, 7) is -0.410. The molecule has 2 N–H and O–H groups in total. The maximum atomic E-state index is 12.4. The van der Waals surface area contributed by atoms with Gasteiger partial charge in [-0.1, -0.05) is 6.92 Å². The molecule has 1 aliphatic rings. The van der Waals surface area contributed by atoms with Crippen molar-refractivity contribution in [2.45, 2.75) is 13.3 Å². The molecule has 0 aliphatic heterocycles. The van der Waals surface area contributed by atoms with Crippen LogP contribution in [-0.2, 0) is 4.79 Å². The van der Waals surface area contributed by atoms with Crippen LogP contribution in [0.25, 0.3) is 27.8 Å². The molecule has 152 valence electrons. The summed E-state index contributed by atoms with van der Waals surface area (Å²) in [5, 5.41) is 10.9. The molecule has 4 heterocycles. The monoisotopic (exact) mass is 406 g/mol. The number of aromatic nitrogens is 5. The van der Waals surface area contributed by atoms with Crippen LogP contribution in [0.15, 0.2) is 36.8 Å². The summed E-state index contributed by atoms with van der Waals surface area (Å²) < 4.78 is 29.5. The molecule has 9 heteroatoms. The molecule has 0 bridgehead atoms. The number of carbonyl (C=O) groups excluding carboxylic acids is 1. The molecule has 30 heavy (non-hydrogen) atoms. The fourth-order valence-electron chi connectivity index (χ4n) is 3.49. The normalized spacial score (nSPS) is 19.7. The van der Waals surface area contributed by atoms with Gasteiger partial charge >= 0.3 is 0 Å². The Morgan fingerprint density at radius 3 is 2.93 bits per heavy atom. The third-order valence-electron chi connectivity index (χ3n) is 5.37. The van der Waals surface area contributed by atoms with Crippen LogP contribution >= 0.6 is 0 Å². The summed E-state index contributed by atoms with van der Waals surface area (Å²) in [4.78, 5) is 25.6. The number of ether oxygens (including phenoxy) is 1. The molecular formula is C21H21N7O2. The van der Waals surface area contributed by atoms with Gasteiger partial charge < -0.3 is 15.4 Å². The van der Waals surface area contributed by atoms with Gasteiger partial charge in [-0.3, -0.25) is 4.79 Å². The minimum atomic E-state index is -2.44. The quantitative estimate of drug-likeness (QED) is 0.525. The number of pyridine rings is 3. The molecule has 9 nitrogen and oxygen atoms in total. The second-order valence-corrected chi connectivity index (χ2v) is 7.38. The average Bonchev–Trinajstić information content (AvgIpc) is 3.35. The van der Waals surface area contributed by atoms with Crippen LogP contribution in [0.5, 0.6) is 5.75 Å². The van der Waals surface area contributed by atoms with E-state index >= 15 is 0 Å². The average molecular weight is 406 g/mol. The molecule has 2 unspecified atom stereocenters. The smallest absolute Gasteiger partial charge is 0.228 e. The lowest BCUT2D eigenvalue weighted by Gasteiger charge is -2.10. The van der Waals surface area contributed by atoms with Crippen molar-refractivity contribution < 1.29 is 13.6 Å². The SMILES string of the molecule is [2H]C([2H])([2H])Nc1ncc(-c2nc3ccc(OC)cn3n2)c2cc(NC(=O)C3CC3C)ncc12. The Balaban J connectivity index is 1.62. The van der Waals surface area contributed by atoms with E-state index in [0.717, 1.165) is 6.42 Å². The Morgan fingerprint density at radius 2 is 2.17 bits per heavy atom. The number of hydrogen-bond donors (Lipinski definition) is 2. The molecule has 0 saturated heterocycles. The Bertz CT molecular complexity index is 1390. The molecule has 1 fully saturated rings. The number of methoxy groups -OCH3 is 1. The van der Waals surface area contributed by atoms with Crippen molar-refractivity contribution in [1.82, 2.24) is 24.6 Å². The molecule has 0 radical (unpaired) electrons. The maximum Gasteiger partial charge on any atom is 0.228 e. The lowest BCUT2D eigenvalue weighted by Crippen LogP contribution is -2.15. The lowest BCUT2D eigenvalue weighted by molar-refractivity contribution is -0.117. The van der Waals surface area contributed by atoms with E-state index in [0.29, 0.717) is 45.3 Å². The van der Waals surface area contributed by atoms with Crippen LogP contribution < -0.4 is 15.4 Å². The third kappa shape index (κ3) is 3.08. The molecule has 2 atom stereocenters. The number of carbonyl (C=O) groups is 1. The molecule has 4 aromatic heterocycles. The van der Waals surface area contributed by atoms with Crippen LogP contribution in [0.2, 0.25) is 0 Å². The number of nitrogens with zero attached hydrogens (tertiary/aromatic N) is 5. The first-order valence-electron chi connectivity index (χ1n) is 11.0. The van der Waals surface area contributed by atoms with Crippen molar-refractivity contribution in [2.24, 2.45) is 11.8 Å². The Kier molecular flexibility index (Phi) is 3.50. The first-order valence-corrected chi connectivity index (χ1v) is 9.50. The molecule has 4 aromatic rings. The maximum absolute atomic E-state index is 12.4. The predicted molar refractivity (Wildman–Crippen MR) is 114 cm³/mol. The number of rotatable bonds is 5. The lowest BCUT2D eigenvalue weighted by atomic mass is 10.1. The van der Waals surface area contributed by atoms with Crippen LogP contribution in [0, 0.1) is 11.8 Å². The van der Waals surface area contributed by atoms with Gasteiger partial charge in [0.25, 0.3) is 0 Å². The van der Waals surface area contributed by atoms with E-state index in [1.807, 2.05) is 6.92 Å². The zero-order chi connectivity index (χ0) is 23.3. The molecule has 0 spiro atoms. The number of nitrogens with one attached hydrogen (secondary N) is 2. The second kappa shape index (κ2) is 6.94. The summed E-state index contributed by atoms with van der Waals surface area (Å²) in [7, 11) is 1.57. The van der Waals surface area contributed by atoms with E-state index in [-0.39, 0.29) is 17.6 Å². The van der Waals surface area contributed by atoms with Gasteiger partial charge in [-0.15, -0.1) is 5.10 Å². The molecule has 5 rings (SSSR count). The van der Waals surface area contributed by atoms with Crippen molar-refractivity contribution in [3.63, 3.8) is 0 Å². The Labute approximate surface area is 176 Å². The van der Waals surface area contributed by atoms with E-state index in [4.69, 9.17) is 8.85 Å². The van der Waals surface area contributed by atoms with Crippen LogP contribution in [0.3, 0.4) is 0 Å². The topological polar surface area (TPSA) is 106 Å². The van der Waals surface area contributed by atoms with E-state index in [1.54, 1.807) is 36.0 Å². The van der Waals surface area contributed by atoms with Gasteiger partial charge in [-0.05, 0) is 30.5 Å². The summed E-state index contributed by atoms with van der Waals surface area (Å²) in [6, 6.07) is 5.25. The Morgan fingerprint density at radius 1 is 1.30 bits per heavy atom. The highest BCUT2D eigenvalue weighted by Crippen LogP contribution is 2.38. The minimum absolute atomic E-state index is 0.0118. The van der Waals surface area contributed by atoms with Gasteiger partial charge in [0.1, 0.15) is 17.4 Å². The highest BCUT2D eigenvalue weighted by atomic mass is 16.5. The number of amides is 1. The summed E-state index contributed by atoms with van der Waals surface area (Å²) in [5.74, 6) is 1.80. The molecule has 1 aliphatic carbocycles. The Hall–Kier alpha value is -3.75. The molecular weight excluding hydrogens is 382 g/mol. The largest absolute Gasteiger partial charge is 0.495 e. The zero-order valence-electron chi connectivity index (χ0n) is 19.4. The van der Waals surface area contributed by atoms with E-state index in [2.05, 4.69) is 30.7 Å². The van der Waals surface area contributed by atoms with Crippen molar-refractivity contribution in [3.8, 4) is 17.1 Å². The summed E-state index contributed by atoms with van der Waals surface area (Å²) in [5.41, 5.74) is 1.18. The standard InChI is InChI=1S/C21H21N7O2/c1-11-6-13(11)21(29)25-17-7-14-15(8-23-17)19(22-2)24-9-16(14)20-26-18-5-4-12(30-3)10-28(18)27-20/h4-5,7-11,13H,6H2,1-3H3,(H,22,24)(H,23,25,29)/i2D3. The number of hydrogen-bond acceptors (Lipinski definition) is 7. The summed E-state index contributed by atoms with van der Waals surface area (Å²) in [6.07, 6.45) is 5.56. The highest BCUT2D eigenvalue weighted by Gasteiger charge is 2.39. The van der Waals surface area contributed by atoms with E-state index in [1.165, 1.54) is 12.4 Å². The van der Waals surface area contributed by atoms with Gasteiger partial charge in [0, 0.05) is 45.7 Å². The van der Waals surface area contributed by atoms with Crippen LogP contribution in [0.4, 0.5) is 11.6 Å². The molecule has 1 amide bonds. The number of fused-ring (bicyclic) bond motifs is 2. The van der Waals surface area contributed by atoms with Gasteiger partial charge in [0.2, 0.25) is 5.91 Å². The van der Waals surface area contributed by atoms with Gasteiger partial charge in [-0.25, -0.2) is 19.5 Å².